The van der Waals surface area contributed by atoms with Crippen LogP contribution < -0.4 is 5.32 Å². The molecule has 0 spiro atoms. The minimum absolute atomic E-state index is 0.727. The van der Waals surface area contributed by atoms with Gasteiger partial charge in [-0.2, -0.15) is 0 Å². The van der Waals surface area contributed by atoms with E-state index in [1.165, 1.54) is 31.2 Å². The minimum atomic E-state index is 0.727. The van der Waals surface area contributed by atoms with Crippen LogP contribution in [0, 0.1) is 5.92 Å². The van der Waals surface area contributed by atoms with E-state index in [-0.39, 0.29) is 0 Å². The highest BCUT2D eigenvalue weighted by atomic mass is 16.5. The molecule has 1 fully saturated rings. The Morgan fingerprint density at radius 1 is 1.12 bits per heavy atom. The van der Waals surface area contributed by atoms with Crippen LogP contribution in [0.25, 0.3) is 0 Å². The Labute approximate surface area is 104 Å². The molecule has 1 aromatic rings. The SMILES string of the molecule is c1ccc(COCCNCCCC2CC2)cc1. The van der Waals surface area contributed by atoms with Gasteiger partial charge in [0.05, 0.1) is 13.2 Å². The van der Waals surface area contributed by atoms with E-state index < -0.39 is 0 Å². The van der Waals surface area contributed by atoms with E-state index >= 15 is 0 Å². The number of benzene rings is 1. The van der Waals surface area contributed by atoms with Gasteiger partial charge in [0.15, 0.2) is 0 Å². The van der Waals surface area contributed by atoms with E-state index in [0.717, 1.165) is 32.2 Å². The van der Waals surface area contributed by atoms with E-state index in [1.54, 1.807) is 0 Å². The molecular weight excluding hydrogens is 210 g/mol. The molecule has 0 atom stereocenters. The number of hydrogen-bond acceptors (Lipinski definition) is 2. The van der Waals surface area contributed by atoms with Gasteiger partial charge in [0.2, 0.25) is 0 Å². The van der Waals surface area contributed by atoms with Gasteiger partial charge in [-0.1, -0.05) is 43.2 Å². The van der Waals surface area contributed by atoms with Gasteiger partial charge in [-0.15, -0.1) is 0 Å². The fourth-order valence-electron chi connectivity index (χ4n) is 1.96. The molecule has 1 N–H and O–H groups in total. The lowest BCUT2D eigenvalue weighted by atomic mass is 10.2. The summed E-state index contributed by atoms with van der Waals surface area (Å²) in [5, 5.41) is 3.43. The van der Waals surface area contributed by atoms with Crippen molar-refractivity contribution < 1.29 is 4.74 Å². The van der Waals surface area contributed by atoms with E-state index in [1.807, 2.05) is 6.07 Å². The van der Waals surface area contributed by atoms with Gasteiger partial charge in [0.1, 0.15) is 0 Å². The standard InChI is InChI=1S/C15H23NO/c1-2-5-15(6-3-1)13-17-12-11-16-10-4-7-14-8-9-14/h1-3,5-6,14,16H,4,7-13H2. The highest BCUT2D eigenvalue weighted by Crippen LogP contribution is 2.33. The second-order valence-corrected chi connectivity index (χ2v) is 4.87. The third kappa shape index (κ3) is 5.85. The monoisotopic (exact) mass is 233 g/mol. The molecular formula is C15H23NO. The average molecular weight is 233 g/mol. The van der Waals surface area contributed by atoms with Gasteiger partial charge in [0.25, 0.3) is 0 Å². The van der Waals surface area contributed by atoms with Crippen LogP contribution >= 0.6 is 0 Å². The highest BCUT2D eigenvalue weighted by Gasteiger charge is 2.19. The first-order valence-electron chi connectivity index (χ1n) is 6.77. The fraction of sp³-hybridized carbons (Fsp3) is 0.600. The Balaban J connectivity index is 1.38. The average Bonchev–Trinajstić information content (AvgIpc) is 3.18. The Bertz CT molecular complexity index is 295. The van der Waals surface area contributed by atoms with Crippen LogP contribution in [0.5, 0.6) is 0 Å². The molecule has 0 aliphatic heterocycles. The first kappa shape index (κ1) is 12.6. The maximum absolute atomic E-state index is 5.60. The Hall–Kier alpha value is -0.860. The quantitative estimate of drug-likeness (QED) is 0.662. The van der Waals surface area contributed by atoms with Crippen LogP contribution in [-0.4, -0.2) is 19.7 Å². The zero-order valence-electron chi connectivity index (χ0n) is 10.5. The van der Waals surface area contributed by atoms with Crippen molar-refractivity contribution in [2.24, 2.45) is 5.92 Å². The van der Waals surface area contributed by atoms with E-state index in [0.29, 0.717) is 0 Å². The van der Waals surface area contributed by atoms with Crippen molar-refractivity contribution in [1.82, 2.24) is 5.32 Å². The zero-order valence-corrected chi connectivity index (χ0v) is 10.5. The molecule has 0 unspecified atom stereocenters. The van der Waals surface area contributed by atoms with Gasteiger partial charge in [-0.05, 0) is 30.9 Å². The Kier molecular flexibility index (Phi) is 5.53. The molecule has 1 aliphatic carbocycles. The van der Waals surface area contributed by atoms with Gasteiger partial charge in [-0.3, -0.25) is 0 Å². The molecule has 0 saturated heterocycles. The summed E-state index contributed by atoms with van der Waals surface area (Å²) in [6.07, 6.45) is 5.68. The molecule has 1 aromatic carbocycles. The highest BCUT2D eigenvalue weighted by molar-refractivity contribution is 5.13. The van der Waals surface area contributed by atoms with Crippen LogP contribution in [-0.2, 0) is 11.3 Å². The predicted octanol–water partition coefficient (Wildman–Crippen LogP) is 2.98. The largest absolute Gasteiger partial charge is 0.375 e. The van der Waals surface area contributed by atoms with Gasteiger partial charge in [-0.25, -0.2) is 0 Å². The lowest BCUT2D eigenvalue weighted by Gasteiger charge is -2.06. The molecule has 17 heavy (non-hydrogen) atoms. The molecule has 2 rings (SSSR count). The van der Waals surface area contributed by atoms with Crippen LogP contribution in [0.2, 0.25) is 0 Å². The van der Waals surface area contributed by atoms with E-state index in [2.05, 4.69) is 29.6 Å². The molecule has 0 aromatic heterocycles. The predicted molar refractivity (Wildman–Crippen MR) is 70.9 cm³/mol. The van der Waals surface area contributed by atoms with E-state index in [4.69, 9.17) is 4.74 Å². The summed E-state index contributed by atoms with van der Waals surface area (Å²) >= 11 is 0. The van der Waals surface area contributed by atoms with Crippen molar-refractivity contribution in [2.45, 2.75) is 32.3 Å². The first-order chi connectivity index (χ1) is 8.45. The molecule has 0 bridgehead atoms. The molecule has 1 saturated carbocycles. The molecule has 1 aliphatic rings. The summed E-state index contributed by atoms with van der Waals surface area (Å²) in [5.41, 5.74) is 1.25. The molecule has 94 valence electrons. The topological polar surface area (TPSA) is 21.3 Å². The second-order valence-electron chi connectivity index (χ2n) is 4.87. The van der Waals surface area contributed by atoms with Gasteiger partial charge >= 0.3 is 0 Å². The molecule has 0 radical (unpaired) electrons. The van der Waals surface area contributed by atoms with Crippen LogP contribution in [0.3, 0.4) is 0 Å². The minimum Gasteiger partial charge on any atom is -0.375 e. The summed E-state index contributed by atoms with van der Waals surface area (Å²) in [7, 11) is 0. The molecule has 0 amide bonds. The third-order valence-electron chi connectivity index (χ3n) is 3.20. The Morgan fingerprint density at radius 2 is 1.94 bits per heavy atom. The third-order valence-corrected chi connectivity index (χ3v) is 3.20. The van der Waals surface area contributed by atoms with Gasteiger partial charge in [0, 0.05) is 6.54 Å². The summed E-state index contributed by atoms with van der Waals surface area (Å²) in [4.78, 5) is 0. The zero-order chi connectivity index (χ0) is 11.8. The number of hydrogen-bond donors (Lipinski definition) is 1. The van der Waals surface area contributed by atoms with Crippen molar-refractivity contribution in [3.63, 3.8) is 0 Å². The fourth-order valence-corrected chi connectivity index (χ4v) is 1.96. The maximum Gasteiger partial charge on any atom is 0.0717 e. The molecule has 0 heterocycles. The normalized spacial score (nSPS) is 15.1. The summed E-state index contributed by atoms with van der Waals surface area (Å²) in [6, 6.07) is 10.3. The number of ether oxygens (including phenoxy) is 1. The lowest BCUT2D eigenvalue weighted by Crippen LogP contribution is -2.20. The Morgan fingerprint density at radius 3 is 2.71 bits per heavy atom. The first-order valence-corrected chi connectivity index (χ1v) is 6.77. The summed E-state index contributed by atoms with van der Waals surface area (Å²) < 4.78 is 5.60. The van der Waals surface area contributed by atoms with Gasteiger partial charge < -0.3 is 10.1 Å². The lowest BCUT2D eigenvalue weighted by molar-refractivity contribution is 0.122. The second kappa shape index (κ2) is 7.46. The van der Waals surface area contributed by atoms with Crippen molar-refractivity contribution in [1.29, 1.82) is 0 Å². The van der Waals surface area contributed by atoms with Crippen molar-refractivity contribution in [3.8, 4) is 0 Å². The molecule has 2 heteroatoms. The number of nitrogens with one attached hydrogen (secondary N) is 1. The van der Waals surface area contributed by atoms with Crippen LogP contribution in [0.1, 0.15) is 31.2 Å². The smallest absolute Gasteiger partial charge is 0.0717 e. The maximum atomic E-state index is 5.60. The van der Waals surface area contributed by atoms with Crippen molar-refractivity contribution in [3.05, 3.63) is 35.9 Å². The summed E-state index contributed by atoms with van der Waals surface area (Å²) in [6.45, 7) is 3.64. The van der Waals surface area contributed by atoms with Crippen molar-refractivity contribution >= 4 is 0 Å². The van der Waals surface area contributed by atoms with Crippen LogP contribution in [0.15, 0.2) is 30.3 Å². The molecule has 2 nitrogen and oxygen atoms in total. The number of rotatable bonds is 9. The van der Waals surface area contributed by atoms with Crippen molar-refractivity contribution in [2.75, 3.05) is 19.7 Å². The van der Waals surface area contributed by atoms with E-state index in [9.17, 15) is 0 Å². The summed E-state index contributed by atoms with van der Waals surface area (Å²) in [5.74, 6) is 1.06. The van der Waals surface area contributed by atoms with Crippen LogP contribution in [0.4, 0.5) is 0 Å².